The summed E-state index contributed by atoms with van der Waals surface area (Å²) >= 11 is 0. The second-order valence-corrected chi connectivity index (χ2v) is 5.02. The first kappa shape index (κ1) is 13.3. The molecule has 0 radical (unpaired) electrons. The van der Waals surface area contributed by atoms with E-state index in [0.29, 0.717) is 18.3 Å². The van der Waals surface area contributed by atoms with Gasteiger partial charge in [-0.15, -0.1) is 0 Å². The Kier molecular flexibility index (Phi) is 3.99. The summed E-state index contributed by atoms with van der Waals surface area (Å²) < 4.78 is 1.68. The standard InChI is InChI=1S/C13H19N5O/c1-9(2)8-18-5-4-14-12(13(18)19)17-10(3)11-6-15-16-7-11/h4-7,9-10H,8H2,1-3H3,(H,14,17)(H,15,16). The van der Waals surface area contributed by atoms with Crippen LogP contribution in [0.15, 0.2) is 29.6 Å². The van der Waals surface area contributed by atoms with Gasteiger partial charge in [0.15, 0.2) is 5.82 Å². The van der Waals surface area contributed by atoms with Gasteiger partial charge in [-0.05, 0) is 12.8 Å². The molecule has 1 atom stereocenters. The fraction of sp³-hybridized carbons (Fsp3) is 0.462. The van der Waals surface area contributed by atoms with E-state index in [-0.39, 0.29) is 11.6 Å². The summed E-state index contributed by atoms with van der Waals surface area (Å²) in [4.78, 5) is 16.3. The van der Waals surface area contributed by atoms with Gasteiger partial charge < -0.3 is 9.88 Å². The molecule has 19 heavy (non-hydrogen) atoms. The van der Waals surface area contributed by atoms with Crippen LogP contribution in [0.5, 0.6) is 0 Å². The van der Waals surface area contributed by atoms with Crippen molar-refractivity contribution in [2.24, 2.45) is 5.92 Å². The molecule has 0 saturated carbocycles. The number of H-pyrrole nitrogens is 1. The monoisotopic (exact) mass is 261 g/mol. The van der Waals surface area contributed by atoms with E-state index in [0.717, 1.165) is 5.56 Å². The molecule has 0 fully saturated rings. The Morgan fingerprint density at radius 1 is 1.42 bits per heavy atom. The summed E-state index contributed by atoms with van der Waals surface area (Å²) in [7, 11) is 0. The van der Waals surface area contributed by atoms with Gasteiger partial charge >= 0.3 is 0 Å². The largest absolute Gasteiger partial charge is 0.359 e. The molecule has 0 amide bonds. The molecule has 2 rings (SSSR count). The van der Waals surface area contributed by atoms with Crippen molar-refractivity contribution in [1.29, 1.82) is 0 Å². The second kappa shape index (κ2) is 5.69. The van der Waals surface area contributed by atoms with E-state index < -0.39 is 0 Å². The van der Waals surface area contributed by atoms with E-state index in [1.165, 1.54) is 0 Å². The van der Waals surface area contributed by atoms with Crippen LogP contribution < -0.4 is 10.9 Å². The van der Waals surface area contributed by atoms with E-state index in [9.17, 15) is 4.79 Å². The molecule has 6 heteroatoms. The first-order valence-corrected chi connectivity index (χ1v) is 6.38. The lowest BCUT2D eigenvalue weighted by atomic mass is 10.2. The Morgan fingerprint density at radius 2 is 2.21 bits per heavy atom. The Hall–Kier alpha value is -2.11. The zero-order valence-corrected chi connectivity index (χ0v) is 11.4. The van der Waals surface area contributed by atoms with Gasteiger partial charge in [0.1, 0.15) is 0 Å². The summed E-state index contributed by atoms with van der Waals surface area (Å²) in [5, 5.41) is 9.77. The van der Waals surface area contributed by atoms with Crippen LogP contribution in [0.4, 0.5) is 5.82 Å². The zero-order chi connectivity index (χ0) is 13.8. The number of aromatic amines is 1. The van der Waals surface area contributed by atoms with E-state index >= 15 is 0 Å². The first-order chi connectivity index (χ1) is 9.08. The molecule has 0 spiro atoms. The summed E-state index contributed by atoms with van der Waals surface area (Å²) in [5.41, 5.74) is 0.895. The lowest BCUT2D eigenvalue weighted by Crippen LogP contribution is -2.26. The molecule has 0 aromatic carbocycles. The molecule has 2 aromatic rings. The summed E-state index contributed by atoms with van der Waals surface area (Å²) in [6, 6.07) is -0.0196. The fourth-order valence-corrected chi connectivity index (χ4v) is 1.87. The maximum atomic E-state index is 12.2. The average molecular weight is 261 g/mol. The molecule has 6 nitrogen and oxygen atoms in total. The van der Waals surface area contributed by atoms with Crippen molar-refractivity contribution in [2.75, 3.05) is 5.32 Å². The normalized spacial score (nSPS) is 12.6. The predicted molar refractivity (Wildman–Crippen MR) is 74.0 cm³/mol. The van der Waals surface area contributed by atoms with Crippen LogP contribution in [0.25, 0.3) is 0 Å². The molecule has 0 saturated heterocycles. The number of anilines is 1. The van der Waals surface area contributed by atoms with Gasteiger partial charge in [-0.1, -0.05) is 13.8 Å². The van der Waals surface area contributed by atoms with Crippen molar-refractivity contribution in [1.82, 2.24) is 19.7 Å². The predicted octanol–water partition coefficient (Wildman–Crippen LogP) is 1.80. The number of aromatic nitrogens is 4. The van der Waals surface area contributed by atoms with E-state index in [2.05, 4.69) is 34.3 Å². The highest BCUT2D eigenvalue weighted by molar-refractivity contribution is 5.34. The summed E-state index contributed by atoms with van der Waals surface area (Å²) in [6.07, 6.45) is 6.89. The highest BCUT2D eigenvalue weighted by atomic mass is 16.1. The van der Waals surface area contributed by atoms with Crippen molar-refractivity contribution < 1.29 is 0 Å². The van der Waals surface area contributed by atoms with Crippen LogP contribution in [0.1, 0.15) is 32.4 Å². The van der Waals surface area contributed by atoms with E-state index in [1.807, 2.05) is 6.92 Å². The van der Waals surface area contributed by atoms with E-state index in [4.69, 9.17) is 0 Å². The number of hydrogen-bond donors (Lipinski definition) is 2. The van der Waals surface area contributed by atoms with Crippen molar-refractivity contribution in [2.45, 2.75) is 33.4 Å². The minimum Gasteiger partial charge on any atom is -0.359 e. The quantitative estimate of drug-likeness (QED) is 0.860. The van der Waals surface area contributed by atoms with Crippen LogP contribution >= 0.6 is 0 Å². The van der Waals surface area contributed by atoms with Crippen molar-refractivity contribution >= 4 is 5.82 Å². The van der Waals surface area contributed by atoms with E-state index in [1.54, 1.807) is 29.4 Å². The number of nitrogens with zero attached hydrogens (tertiary/aromatic N) is 3. The van der Waals surface area contributed by atoms with Crippen molar-refractivity contribution in [3.63, 3.8) is 0 Å². The van der Waals surface area contributed by atoms with Crippen LogP contribution in [0.2, 0.25) is 0 Å². The molecule has 2 aromatic heterocycles. The third kappa shape index (κ3) is 3.21. The third-order valence-corrected chi connectivity index (χ3v) is 2.85. The summed E-state index contributed by atoms with van der Waals surface area (Å²) in [5.74, 6) is 0.788. The summed E-state index contributed by atoms with van der Waals surface area (Å²) in [6.45, 7) is 6.81. The minimum absolute atomic E-state index is 0.0196. The SMILES string of the molecule is CC(C)Cn1ccnc(NC(C)c2cn[nH]c2)c1=O. The second-order valence-electron chi connectivity index (χ2n) is 5.02. The molecule has 1 unspecified atom stereocenters. The zero-order valence-electron chi connectivity index (χ0n) is 11.4. The van der Waals surface area contributed by atoms with Crippen LogP contribution in [-0.2, 0) is 6.54 Å². The van der Waals surface area contributed by atoms with Gasteiger partial charge in [-0.2, -0.15) is 5.10 Å². The van der Waals surface area contributed by atoms with Crippen molar-refractivity contribution in [3.05, 3.63) is 40.7 Å². The lowest BCUT2D eigenvalue weighted by Gasteiger charge is -2.14. The highest BCUT2D eigenvalue weighted by Gasteiger charge is 2.11. The molecular formula is C13H19N5O. The Labute approximate surface area is 111 Å². The molecule has 0 aliphatic rings. The molecule has 0 bridgehead atoms. The fourth-order valence-electron chi connectivity index (χ4n) is 1.87. The first-order valence-electron chi connectivity index (χ1n) is 6.38. The molecule has 2 heterocycles. The van der Waals surface area contributed by atoms with Gasteiger partial charge in [0.05, 0.1) is 12.2 Å². The molecule has 102 valence electrons. The Morgan fingerprint density at radius 3 is 2.84 bits per heavy atom. The minimum atomic E-state index is -0.0912. The number of hydrogen-bond acceptors (Lipinski definition) is 4. The molecular weight excluding hydrogens is 242 g/mol. The number of nitrogens with one attached hydrogen (secondary N) is 2. The topological polar surface area (TPSA) is 75.6 Å². The van der Waals surface area contributed by atoms with Crippen LogP contribution in [-0.4, -0.2) is 19.7 Å². The Bertz CT molecular complexity index is 573. The van der Waals surface area contributed by atoms with Gasteiger partial charge in [0.25, 0.3) is 5.56 Å². The molecule has 2 N–H and O–H groups in total. The third-order valence-electron chi connectivity index (χ3n) is 2.85. The van der Waals surface area contributed by atoms with Crippen LogP contribution in [0.3, 0.4) is 0 Å². The highest BCUT2D eigenvalue weighted by Crippen LogP contribution is 2.13. The lowest BCUT2D eigenvalue weighted by molar-refractivity contribution is 0.509. The van der Waals surface area contributed by atoms with Gasteiger partial charge in [0, 0.05) is 30.7 Å². The van der Waals surface area contributed by atoms with Gasteiger partial charge in [-0.3, -0.25) is 9.89 Å². The van der Waals surface area contributed by atoms with Gasteiger partial charge in [-0.25, -0.2) is 4.98 Å². The molecule has 0 aliphatic carbocycles. The average Bonchev–Trinajstić information content (AvgIpc) is 2.87. The molecule has 0 aliphatic heterocycles. The maximum Gasteiger partial charge on any atom is 0.293 e. The van der Waals surface area contributed by atoms with Crippen molar-refractivity contribution in [3.8, 4) is 0 Å². The Balaban J connectivity index is 2.19. The van der Waals surface area contributed by atoms with Gasteiger partial charge in [0.2, 0.25) is 0 Å². The smallest absolute Gasteiger partial charge is 0.293 e. The maximum absolute atomic E-state index is 12.2. The number of rotatable bonds is 5. The van der Waals surface area contributed by atoms with Crippen LogP contribution in [0, 0.1) is 5.92 Å².